The average molecular weight is 261 g/mol. The lowest BCUT2D eigenvalue weighted by Gasteiger charge is -2.14. The summed E-state index contributed by atoms with van der Waals surface area (Å²) in [5.74, 6) is -0.785. The van der Waals surface area contributed by atoms with Crippen LogP contribution >= 0.6 is 0 Å². The first-order chi connectivity index (χ1) is 8.99. The first kappa shape index (κ1) is 12.9. The minimum atomic E-state index is -0.488. The molecule has 0 aliphatic heterocycles. The Bertz CT molecular complexity index is 640. The highest BCUT2D eigenvalue weighted by molar-refractivity contribution is 5.75. The van der Waals surface area contributed by atoms with E-state index in [2.05, 4.69) is 10.2 Å². The van der Waals surface area contributed by atoms with Gasteiger partial charge in [-0.25, -0.2) is 0 Å². The van der Waals surface area contributed by atoms with E-state index in [0.717, 1.165) is 5.56 Å². The fraction of sp³-hybridized carbons (Fsp3) is 0.231. The molecule has 1 amide bonds. The number of nitrogens with one attached hydrogen (secondary N) is 2. The van der Waals surface area contributed by atoms with Gasteiger partial charge in [0.1, 0.15) is 5.75 Å². The van der Waals surface area contributed by atoms with E-state index >= 15 is 0 Å². The summed E-state index contributed by atoms with van der Waals surface area (Å²) in [6.45, 7) is 1.75. The van der Waals surface area contributed by atoms with Gasteiger partial charge in [-0.3, -0.25) is 14.7 Å². The van der Waals surface area contributed by atoms with Gasteiger partial charge in [-0.1, -0.05) is 12.1 Å². The molecule has 1 aromatic heterocycles. The molecule has 0 bridgehead atoms. The fourth-order valence-corrected chi connectivity index (χ4v) is 2.17. The minimum Gasteiger partial charge on any atom is -0.508 e. The number of carbonyl (C=O) groups excluding carboxylic acids is 1. The van der Waals surface area contributed by atoms with Gasteiger partial charge in [-0.15, -0.1) is 0 Å². The van der Waals surface area contributed by atoms with Gasteiger partial charge in [0.25, 0.3) is 5.56 Å². The van der Waals surface area contributed by atoms with E-state index in [1.165, 1.54) is 12.1 Å². The molecule has 6 nitrogen and oxygen atoms in total. The molecule has 1 aromatic carbocycles. The Labute approximate surface area is 109 Å². The number of H-pyrrole nitrogens is 2. The van der Waals surface area contributed by atoms with Crippen LogP contribution in [0.5, 0.6) is 5.75 Å². The number of aryl methyl sites for hydroxylation is 1. The predicted octanol–water partition coefficient (Wildman–Crippen LogP) is 0.724. The van der Waals surface area contributed by atoms with Crippen LogP contribution in [0.4, 0.5) is 0 Å². The number of primary amides is 1. The fourth-order valence-electron chi connectivity index (χ4n) is 2.17. The largest absolute Gasteiger partial charge is 0.508 e. The second kappa shape index (κ2) is 5.01. The molecule has 6 heteroatoms. The molecule has 0 radical (unpaired) electrons. The minimum absolute atomic E-state index is 0.0343. The monoisotopic (exact) mass is 261 g/mol. The molecule has 0 spiro atoms. The zero-order chi connectivity index (χ0) is 14.0. The molecule has 0 aliphatic carbocycles. The second-order valence-electron chi connectivity index (χ2n) is 4.43. The molecule has 2 rings (SSSR count). The topological polar surface area (TPSA) is 112 Å². The number of hydrogen-bond donors (Lipinski definition) is 4. The van der Waals surface area contributed by atoms with Crippen molar-refractivity contribution in [2.75, 3.05) is 0 Å². The number of carbonyl (C=O) groups is 1. The maximum Gasteiger partial charge on any atom is 0.267 e. The molecule has 2 aromatic rings. The van der Waals surface area contributed by atoms with Crippen LogP contribution in [0.3, 0.4) is 0 Å². The second-order valence-corrected chi connectivity index (χ2v) is 4.43. The average Bonchev–Trinajstić information content (AvgIpc) is 2.67. The summed E-state index contributed by atoms with van der Waals surface area (Å²) in [5.41, 5.74) is 6.90. The molecule has 0 saturated carbocycles. The van der Waals surface area contributed by atoms with Gasteiger partial charge in [0.15, 0.2) is 0 Å². The third-order valence-corrected chi connectivity index (χ3v) is 3.06. The maximum atomic E-state index is 11.8. The lowest BCUT2D eigenvalue weighted by Crippen LogP contribution is -2.20. The number of nitrogens with two attached hydrogens (primary N) is 1. The Morgan fingerprint density at radius 3 is 2.42 bits per heavy atom. The Balaban J connectivity index is 2.50. The van der Waals surface area contributed by atoms with Crippen LogP contribution in [-0.2, 0) is 4.79 Å². The normalized spacial score (nSPS) is 12.3. The predicted molar refractivity (Wildman–Crippen MR) is 69.9 cm³/mol. The van der Waals surface area contributed by atoms with E-state index in [0.29, 0.717) is 11.3 Å². The molecule has 5 N–H and O–H groups in total. The first-order valence-electron chi connectivity index (χ1n) is 5.83. The number of rotatable bonds is 4. The molecular weight excluding hydrogens is 246 g/mol. The van der Waals surface area contributed by atoms with Crippen molar-refractivity contribution in [3.8, 4) is 5.75 Å². The molecule has 19 heavy (non-hydrogen) atoms. The summed E-state index contributed by atoms with van der Waals surface area (Å²) in [7, 11) is 0. The van der Waals surface area contributed by atoms with E-state index in [4.69, 9.17) is 5.73 Å². The van der Waals surface area contributed by atoms with Gasteiger partial charge in [-0.05, 0) is 24.6 Å². The highest BCUT2D eigenvalue weighted by Gasteiger charge is 2.22. The molecule has 1 atom stereocenters. The summed E-state index contributed by atoms with van der Waals surface area (Å²) < 4.78 is 0. The molecule has 100 valence electrons. The van der Waals surface area contributed by atoms with Crippen LogP contribution < -0.4 is 11.3 Å². The molecule has 0 unspecified atom stereocenters. The Morgan fingerprint density at radius 1 is 1.32 bits per heavy atom. The summed E-state index contributed by atoms with van der Waals surface area (Å²) >= 11 is 0. The van der Waals surface area contributed by atoms with Crippen LogP contribution in [0.2, 0.25) is 0 Å². The summed E-state index contributed by atoms with van der Waals surface area (Å²) in [5, 5.41) is 14.5. The Hall–Kier alpha value is -2.50. The third-order valence-electron chi connectivity index (χ3n) is 3.06. The maximum absolute atomic E-state index is 11.8. The molecule has 0 saturated heterocycles. The van der Waals surface area contributed by atoms with E-state index in [9.17, 15) is 14.7 Å². The van der Waals surface area contributed by atoms with Gasteiger partial charge in [0.05, 0.1) is 0 Å². The molecule has 0 fully saturated rings. The zero-order valence-corrected chi connectivity index (χ0v) is 10.4. The van der Waals surface area contributed by atoms with Gasteiger partial charge in [0.2, 0.25) is 5.91 Å². The van der Waals surface area contributed by atoms with Crippen molar-refractivity contribution in [1.82, 2.24) is 10.2 Å². The lowest BCUT2D eigenvalue weighted by molar-refractivity contribution is -0.118. The smallest absolute Gasteiger partial charge is 0.267 e. The number of benzene rings is 1. The van der Waals surface area contributed by atoms with Crippen LogP contribution in [0, 0.1) is 6.92 Å². The van der Waals surface area contributed by atoms with Crippen LogP contribution in [0.15, 0.2) is 29.1 Å². The van der Waals surface area contributed by atoms with Crippen molar-refractivity contribution in [3.05, 3.63) is 51.4 Å². The zero-order valence-electron chi connectivity index (χ0n) is 10.4. The van der Waals surface area contributed by atoms with Gasteiger partial charge < -0.3 is 15.9 Å². The highest BCUT2D eigenvalue weighted by Crippen LogP contribution is 2.28. The van der Waals surface area contributed by atoms with Crippen LogP contribution in [0.25, 0.3) is 0 Å². The van der Waals surface area contributed by atoms with Gasteiger partial charge in [0, 0.05) is 23.6 Å². The van der Waals surface area contributed by atoms with E-state index in [1.54, 1.807) is 19.1 Å². The Morgan fingerprint density at radius 2 is 1.95 bits per heavy atom. The standard InChI is InChI=1S/C13H15N3O3/c1-7-12(13(19)16-15-7)10(6-11(14)18)8-2-4-9(17)5-3-8/h2-5,10,17H,6H2,1H3,(H2,14,18)(H2,15,16,19)/t10-/m1/s1. The SMILES string of the molecule is Cc1[nH][nH]c(=O)c1[C@H](CC(N)=O)c1ccc(O)cc1. The highest BCUT2D eigenvalue weighted by atomic mass is 16.3. The lowest BCUT2D eigenvalue weighted by atomic mass is 9.88. The van der Waals surface area contributed by atoms with Crippen molar-refractivity contribution < 1.29 is 9.90 Å². The van der Waals surface area contributed by atoms with Crippen molar-refractivity contribution in [2.45, 2.75) is 19.3 Å². The van der Waals surface area contributed by atoms with E-state index in [1.807, 2.05) is 0 Å². The summed E-state index contributed by atoms with van der Waals surface area (Å²) in [6, 6.07) is 6.38. The van der Waals surface area contributed by atoms with Crippen LogP contribution in [0.1, 0.15) is 29.2 Å². The number of amides is 1. The summed E-state index contributed by atoms with van der Waals surface area (Å²) in [6.07, 6.45) is 0.0343. The number of aromatic hydroxyl groups is 1. The van der Waals surface area contributed by atoms with Crippen molar-refractivity contribution in [2.24, 2.45) is 5.73 Å². The number of hydrogen-bond acceptors (Lipinski definition) is 3. The Kier molecular flexibility index (Phi) is 3.41. The number of aromatic amines is 2. The van der Waals surface area contributed by atoms with Crippen molar-refractivity contribution in [3.63, 3.8) is 0 Å². The summed E-state index contributed by atoms with van der Waals surface area (Å²) in [4.78, 5) is 23.0. The molecular formula is C13H15N3O3. The molecule has 1 heterocycles. The van der Waals surface area contributed by atoms with Crippen molar-refractivity contribution in [1.29, 1.82) is 0 Å². The first-order valence-corrected chi connectivity index (χ1v) is 5.83. The van der Waals surface area contributed by atoms with E-state index < -0.39 is 11.8 Å². The number of phenolic OH excluding ortho intramolecular Hbond substituents is 1. The van der Waals surface area contributed by atoms with Gasteiger partial charge in [-0.2, -0.15) is 0 Å². The molecule has 0 aliphatic rings. The van der Waals surface area contributed by atoms with E-state index in [-0.39, 0.29) is 17.7 Å². The van der Waals surface area contributed by atoms with Crippen molar-refractivity contribution >= 4 is 5.91 Å². The van der Waals surface area contributed by atoms with Gasteiger partial charge >= 0.3 is 0 Å². The van der Waals surface area contributed by atoms with Crippen LogP contribution in [-0.4, -0.2) is 21.2 Å². The number of phenols is 1. The third kappa shape index (κ3) is 2.67. The quantitative estimate of drug-likeness (QED) is 0.650. The number of aromatic nitrogens is 2.